The third-order valence-corrected chi connectivity index (χ3v) is 3.68. The lowest BCUT2D eigenvalue weighted by molar-refractivity contribution is 0.221. The Balaban J connectivity index is 2.07. The van der Waals surface area contributed by atoms with Crippen LogP contribution >= 0.6 is 0 Å². The molecule has 0 aliphatic carbocycles. The molecule has 5 heteroatoms. The second-order valence-corrected chi connectivity index (χ2v) is 4.39. The van der Waals surface area contributed by atoms with Crippen molar-refractivity contribution in [2.45, 2.75) is 31.3 Å². The van der Waals surface area contributed by atoms with E-state index in [0.29, 0.717) is 17.9 Å². The highest BCUT2D eigenvalue weighted by Crippen LogP contribution is 2.41. The van der Waals surface area contributed by atoms with Crippen LogP contribution in [-0.4, -0.2) is 28.2 Å². The molecule has 1 aromatic rings. The fraction of sp³-hybridized carbons (Fsp3) is 0.600. The molecule has 1 saturated heterocycles. The van der Waals surface area contributed by atoms with Crippen molar-refractivity contribution in [2.24, 2.45) is 5.84 Å². The first-order chi connectivity index (χ1) is 7.29. The van der Waals surface area contributed by atoms with Gasteiger partial charge in [0.15, 0.2) is 5.82 Å². The molecular formula is C10H15N5. The number of nitrogen functional groups attached to an aromatic ring is 1. The van der Waals surface area contributed by atoms with Gasteiger partial charge in [0.25, 0.3) is 0 Å². The van der Waals surface area contributed by atoms with Gasteiger partial charge in [0, 0.05) is 18.5 Å². The number of nitrogens with two attached hydrogens (primary N) is 1. The van der Waals surface area contributed by atoms with Crippen molar-refractivity contribution in [2.75, 3.05) is 12.5 Å². The minimum absolute atomic E-state index is 0.515. The maximum Gasteiger partial charge on any atom is 0.162 e. The van der Waals surface area contributed by atoms with Crippen molar-refractivity contribution < 1.29 is 0 Å². The third-order valence-electron chi connectivity index (χ3n) is 3.68. The summed E-state index contributed by atoms with van der Waals surface area (Å²) in [5, 5.41) is 8.27. The summed E-state index contributed by atoms with van der Waals surface area (Å²) in [4.78, 5) is 2.45. The molecule has 3 rings (SSSR count). The molecule has 0 saturated carbocycles. The van der Waals surface area contributed by atoms with E-state index in [2.05, 4.69) is 27.6 Å². The maximum atomic E-state index is 5.35. The third kappa shape index (κ3) is 1.23. The predicted octanol–water partition coefficient (Wildman–Crippen LogP) is 0.454. The van der Waals surface area contributed by atoms with E-state index in [1.165, 1.54) is 18.4 Å². The van der Waals surface area contributed by atoms with Crippen LogP contribution in [0.1, 0.15) is 30.1 Å². The fourth-order valence-electron chi connectivity index (χ4n) is 2.81. The zero-order valence-corrected chi connectivity index (χ0v) is 8.77. The molecule has 0 aromatic carbocycles. The highest BCUT2D eigenvalue weighted by atomic mass is 15.3. The monoisotopic (exact) mass is 205 g/mol. The van der Waals surface area contributed by atoms with E-state index in [4.69, 9.17) is 5.84 Å². The van der Waals surface area contributed by atoms with E-state index in [1.807, 2.05) is 6.07 Å². The Morgan fingerprint density at radius 1 is 1.47 bits per heavy atom. The van der Waals surface area contributed by atoms with Gasteiger partial charge in [0.2, 0.25) is 0 Å². The molecule has 1 fully saturated rings. The first-order valence-electron chi connectivity index (χ1n) is 5.34. The summed E-state index contributed by atoms with van der Waals surface area (Å²) < 4.78 is 0. The predicted molar refractivity (Wildman–Crippen MR) is 57.1 cm³/mol. The van der Waals surface area contributed by atoms with Crippen LogP contribution in [0.3, 0.4) is 0 Å². The van der Waals surface area contributed by atoms with E-state index in [1.54, 1.807) is 0 Å². The van der Waals surface area contributed by atoms with E-state index in [0.717, 1.165) is 12.1 Å². The molecule has 80 valence electrons. The topological polar surface area (TPSA) is 67.1 Å². The number of likely N-dealkylation sites (N-methyl/N-ethyl adjacent to an activating group) is 1. The van der Waals surface area contributed by atoms with Gasteiger partial charge in [-0.05, 0) is 31.5 Å². The minimum atomic E-state index is 0.515. The van der Waals surface area contributed by atoms with Gasteiger partial charge in [0.05, 0.1) is 5.69 Å². The van der Waals surface area contributed by atoms with Gasteiger partial charge in [0.1, 0.15) is 0 Å². The summed E-state index contributed by atoms with van der Waals surface area (Å²) in [6.45, 7) is 0. The SMILES string of the molecule is CN1C2CCC1c1cc(NN)nnc1C2. The van der Waals surface area contributed by atoms with Crippen molar-refractivity contribution in [1.82, 2.24) is 15.1 Å². The summed E-state index contributed by atoms with van der Waals surface area (Å²) in [5.74, 6) is 6.01. The van der Waals surface area contributed by atoms with Gasteiger partial charge in [-0.2, -0.15) is 5.10 Å². The number of aromatic nitrogens is 2. The molecular weight excluding hydrogens is 190 g/mol. The lowest BCUT2D eigenvalue weighted by atomic mass is 9.99. The van der Waals surface area contributed by atoms with E-state index < -0.39 is 0 Å². The van der Waals surface area contributed by atoms with Crippen LogP contribution < -0.4 is 11.3 Å². The number of hydrogen-bond donors (Lipinski definition) is 2. The van der Waals surface area contributed by atoms with Crippen molar-refractivity contribution in [3.05, 3.63) is 17.3 Å². The van der Waals surface area contributed by atoms with Crippen molar-refractivity contribution in [1.29, 1.82) is 0 Å². The Morgan fingerprint density at radius 3 is 3.13 bits per heavy atom. The standard InChI is InChI=1S/C10H15N5/c1-15-6-2-3-9(15)7-5-10(12-11)14-13-8(7)4-6/h5-6,9H,2-4,11H2,1H3,(H,12,14). The number of rotatable bonds is 1. The average molecular weight is 205 g/mol. The Bertz CT molecular complexity index is 391. The Morgan fingerprint density at radius 2 is 2.33 bits per heavy atom. The smallest absolute Gasteiger partial charge is 0.162 e. The van der Waals surface area contributed by atoms with E-state index >= 15 is 0 Å². The molecule has 5 nitrogen and oxygen atoms in total. The highest BCUT2D eigenvalue weighted by Gasteiger charge is 2.38. The Labute approximate surface area is 88.6 Å². The van der Waals surface area contributed by atoms with E-state index in [9.17, 15) is 0 Å². The zero-order chi connectivity index (χ0) is 10.4. The average Bonchev–Trinajstić information content (AvgIpc) is 2.51. The van der Waals surface area contributed by atoms with Gasteiger partial charge in [-0.25, -0.2) is 5.84 Å². The summed E-state index contributed by atoms with van der Waals surface area (Å²) in [5.41, 5.74) is 5.01. The molecule has 2 bridgehead atoms. The molecule has 0 amide bonds. The lowest BCUT2D eigenvalue weighted by Gasteiger charge is -2.32. The zero-order valence-electron chi connectivity index (χ0n) is 8.77. The van der Waals surface area contributed by atoms with Crippen LogP contribution in [0, 0.1) is 0 Å². The molecule has 0 radical (unpaired) electrons. The van der Waals surface area contributed by atoms with Gasteiger partial charge < -0.3 is 5.43 Å². The number of nitrogens with zero attached hydrogens (tertiary/aromatic N) is 3. The maximum absolute atomic E-state index is 5.35. The van der Waals surface area contributed by atoms with Crippen LogP contribution in [0.5, 0.6) is 0 Å². The van der Waals surface area contributed by atoms with Crippen LogP contribution in [0.15, 0.2) is 6.07 Å². The molecule has 2 atom stereocenters. The minimum Gasteiger partial charge on any atom is -0.307 e. The lowest BCUT2D eigenvalue weighted by Crippen LogP contribution is -2.35. The molecule has 2 aliphatic rings. The fourth-order valence-corrected chi connectivity index (χ4v) is 2.81. The second kappa shape index (κ2) is 3.15. The molecule has 2 aliphatic heterocycles. The summed E-state index contributed by atoms with van der Waals surface area (Å²) in [7, 11) is 2.20. The number of nitrogens with one attached hydrogen (secondary N) is 1. The van der Waals surface area contributed by atoms with Crippen LogP contribution in [0.25, 0.3) is 0 Å². The largest absolute Gasteiger partial charge is 0.307 e. The van der Waals surface area contributed by atoms with Crippen LogP contribution in [-0.2, 0) is 6.42 Å². The van der Waals surface area contributed by atoms with Crippen LogP contribution in [0.2, 0.25) is 0 Å². The molecule has 0 spiro atoms. The van der Waals surface area contributed by atoms with Gasteiger partial charge in [-0.3, -0.25) is 4.90 Å². The first-order valence-corrected chi connectivity index (χ1v) is 5.34. The van der Waals surface area contributed by atoms with Gasteiger partial charge in [-0.1, -0.05) is 0 Å². The van der Waals surface area contributed by atoms with Gasteiger partial charge >= 0.3 is 0 Å². The number of anilines is 1. The van der Waals surface area contributed by atoms with Crippen LogP contribution in [0.4, 0.5) is 5.82 Å². The van der Waals surface area contributed by atoms with E-state index in [-0.39, 0.29) is 0 Å². The van der Waals surface area contributed by atoms with Gasteiger partial charge in [-0.15, -0.1) is 5.10 Å². The highest BCUT2D eigenvalue weighted by molar-refractivity contribution is 5.40. The number of hydrazine groups is 1. The summed E-state index contributed by atoms with van der Waals surface area (Å²) >= 11 is 0. The molecule has 3 heterocycles. The normalized spacial score (nSPS) is 28.9. The summed E-state index contributed by atoms with van der Waals surface area (Å²) in [6.07, 6.45) is 3.52. The molecule has 2 unspecified atom stereocenters. The second-order valence-electron chi connectivity index (χ2n) is 4.39. The number of hydrogen-bond acceptors (Lipinski definition) is 5. The van der Waals surface area contributed by atoms with Crippen molar-refractivity contribution >= 4 is 5.82 Å². The Kier molecular flexibility index (Phi) is 1.90. The molecule has 15 heavy (non-hydrogen) atoms. The Hall–Kier alpha value is -1.20. The van der Waals surface area contributed by atoms with Crippen molar-refractivity contribution in [3.8, 4) is 0 Å². The molecule has 1 aromatic heterocycles. The van der Waals surface area contributed by atoms with Crippen molar-refractivity contribution in [3.63, 3.8) is 0 Å². The quantitative estimate of drug-likeness (QED) is 0.515. The summed E-state index contributed by atoms with van der Waals surface area (Å²) in [6, 6.07) is 3.21. The number of fused-ring (bicyclic) bond motifs is 4. The first kappa shape index (κ1) is 9.06. The molecule has 3 N–H and O–H groups in total.